The molecule has 0 bridgehead atoms. The second-order valence-corrected chi connectivity index (χ2v) is 5.86. The van der Waals surface area contributed by atoms with Crippen molar-refractivity contribution in [1.82, 2.24) is 5.32 Å². The molecule has 3 heteroatoms. The van der Waals surface area contributed by atoms with E-state index in [1.165, 1.54) is 0 Å². The van der Waals surface area contributed by atoms with Gasteiger partial charge in [-0.2, -0.15) is 0 Å². The predicted octanol–water partition coefficient (Wildman–Crippen LogP) is 2.50. The average Bonchev–Trinajstić information content (AvgIpc) is 1.92. The molecule has 15 heavy (non-hydrogen) atoms. The monoisotopic (exact) mass is 215 g/mol. The zero-order valence-corrected chi connectivity index (χ0v) is 10.9. The van der Waals surface area contributed by atoms with Gasteiger partial charge in [0.2, 0.25) is 5.91 Å². The maximum Gasteiger partial charge on any atom is 0.220 e. The number of hydrogen-bond donors (Lipinski definition) is 1. The summed E-state index contributed by atoms with van der Waals surface area (Å²) in [6.07, 6.45) is 1.31. The number of amides is 1. The standard InChI is InChI=1S/C12H25NO2/c1-11(2,3)13-10(14)8-7-9-15-12(4,5)6/h7-9H2,1-6H3,(H,13,14). The Hall–Kier alpha value is -0.570. The van der Waals surface area contributed by atoms with E-state index >= 15 is 0 Å². The van der Waals surface area contributed by atoms with Crippen LogP contribution in [0.1, 0.15) is 54.4 Å². The maximum atomic E-state index is 11.4. The van der Waals surface area contributed by atoms with E-state index in [2.05, 4.69) is 5.32 Å². The Labute approximate surface area is 93.6 Å². The van der Waals surface area contributed by atoms with Crippen molar-refractivity contribution in [1.29, 1.82) is 0 Å². The Morgan fingerprint density at radius 2 is 1.67 bits per heavy atom. The first-order chi connectivity index (χ1) is 6.60. The van der Waals surface area contributed by atoms with Gasteiger partial charge < -0.3 is 10.1 Å². The van der Waals surface area contributed by atoms with Crippen molar-refractivity contribution in [2.45, 2.75) is 65.5 Å². The van der Waals surface area contributed by atoms with Crippen LogP contribution < -0.4 is 5.32 Å². The Bertz CT molecular complexity index is 199. The Kier molecular flexibility index (Phi) is 5.29. The largest absolute Gasteiger partial charge is 0.376 e. The lowest BCUT2D eigenvalue weighted by molar-refractivity contribution is -0.123. The fourth-order valence-corrected chi connectivity index (χ4v) is 1.09. The molecule has 0 aromatic carbocycles. The molecule has 0 radical (unpaired) electrons. The van der Waals surface area contributed by atoms with E-state index in [1.807, 2.05) is 41.5 Å². The van der Waals surface area contributed by atoms with E-state index < -0.39 is 0 Å². The molecule has 3 nitrogen and oxygen atoms in total. The van der Waals surface area contributed by atoms with E-state index in [-0.39, 0.29) is 17.0 Å². The van der Waals surface area contributed by atoms with Gasteiger partial charge in [0.05, 0.1) is 5.60 Å². The molecule has 0 aromatic rings. The Morgan fingerprint density at radius 3 is 2.07 bits per heavy atom. The van der Waals surface area contributed by atoms with Crippen LogP contribution in [0.25, 0.3) is 0 Å². The molecule has 0 saturated carbocycles. The fraction of sp³-hybridized carbons (Fsp3) is 0.917. The minimum atomic E-state index is -0.137. The highest BCUT2D eigenvalue weighted by molar-refractivity contribution is 5.76. The summed E-state index contributed by atoms with van der Waals surface area (Å²) >= 11 is 0. The van der Waals surface area contributed by atoms with Crippen LogP contribution in [0.15, 0.2) is 0 Å². The quantitative estimate of drug-likeness (QED) is 0.732. The SMILES string of the molecule is CC(C)(C)NC(=O)CCCOC(C)(C)C. The van der Waals surface area contributed by atoms with Crippen molar-refractivity contribution < 1.29 is 9.53 Å². The first-order valence-corrected chi connectivity index (χ1v) is 5.55. The second kappa shape index (κ2) is 5.50. The molecule has 0 rings (SSSR count). The third kappa shape index (κ3) is 11.4. The summed E-state index contributed by atoms with van der Waals surface area (Å²) < 4.78 is 5.53. The number of carbonyl (C=O) groups excluding carboxylic acids is 1. The van der Waals surface area contributed by atoms with Crippen LogP contribution in [0.4, 0.5) is 0 Å². The normalized spacial score (nSPS) is 12.7. The molecule has 90 valence electrons. The van der Waals surface area contributed by atoms with Crippen molar-refractivity contribution in [3.05, 3.63) is 0 Å². The Balaban J connectivity index is 3.57. The zero-order chi connectivity index (χ0) is 12.1. The number of ether oxygens (including phenoxy) is 1. The summed E-state index contributed by atoms with van der Waals surface area (Å²) in [5, 5.41) is 2.92. The van der Waals surface area contributed by atoms with Gasteiger partial charge in [-0.3, -0.25) is 4.79 Å². The molecule has 0 unspecified atom stereocenters. The highest BCUT2D eigenvalue weighted by Gasteiger charge is 2.14. The lowest BCUT2D eigenvalue weighted by atomic mass is 10.1. The minimum Gasteiger partial charge on any atom is -0.376 e. The third-order valence-corrected chi connectivity index (χ3v) is 1.60. The fourth-order valence-electron chi connectivity index (χ4n) is 1.09. The van der Waals surface area contributed by atoms with Gasteiger partial charge in [-0.1, -0.05) is 0 Å². The van der Waals surface area contributed by atoms with Crippen molar-refractivity contribution >= 4 is 5.91 Å². The van der Waals surface area contributed by atoms with Gasteiger partial charge in [0, 0.05) is 18.6 Å². The smallest absolute Gasteiger partial charge is 0.220 e. The third-order valence-electron chi connectivity index (χ3n) is 1.60. The van der Waals surface area contributed by atoms with E-state index in [1.54, 1.807) is 0 Å². The highest BCUT2D eigenvalue weighted by Crippen LogP contribution is 2.08. The lowest BCUT2D eigenvalue weighted by Crippen LogP contribution is -2.40. The topological polar surface area (TPSA) is 38.3 Å². The van der Waals surface area contributed by atoms with E-state index in [0.717, 1.165) is 6.42 Å². The summed E-state index contributed by atoms with van der Waals surface area (Å²) in [5.41, 5.74) is -0.248. The van der Waals surface area contributed by atoms with Crippen LogP contribution in [0.2, 0.25) is 0 Å². The number of hydrogen-bond acceptors (Lipinski definition) is 2. The molecule has 0 atom stereocenters. The van der Waals surface area contributed by atoms with Crippen LogP contribution in [0.5, 0.6) is 0 Å². The molecule has 0 aromatic heterocycles. The molecule has 0 aliphatic carbocycles. The highest BCUT2D eigenvalue weighted by atomic mass is 16.5. The molecule has 0 heterocycles. The summed E-state index contributed by atoms with van der Waals surface area (Å²) in [7, 11) is 0. The van der Waals surface area contributed by atoms with Crippen LogP contribution in [0, 0.1) is 0 Å². The van der Waals surface area contributed by atoms with E-state index in [0.29, 0.717) is 13.0 Å². The molecule has 0 saturated heterocycles. The van der Waals surface area contributed by atoms with Gasteiger partial charge >= 0.3 is 0 Å². The van der Waals surface area contributed by atoms with Crippen molar-refractivity contribution in [3.8, 4) is 0 Å². The molecule has 1 N–H and O–H groups in total. The van der Waals surface area contributed by atoms with E-state index in [9.17, 15) is 4.79 Å². The van der Waals surface area contributed by atoms with Gasteiger partial charge in [-0.15, -0.1) is 0 Å². The number of carbonyl (C=O) groups is 1. The molecule has 1 amide bonds. The zero-order valence-electron chi connectivity index (χ0n) is 10.9. The van der Waals surface area contributed by atoms with Crippen LogP contribution >= 0.6 is 0 Å². The van der Waals surface area contributed by atoms with Gasteiger partial charge in [0.15, 0.2) is 0 Å². The molecule has 0 fully saturated rings. The Morgan fingerprint density at radius 1 is 1.13 bits per heavy atom. The van der Waals surface area contributed by atoms with Gasteiger partial charge in [0.25, 0.3) is 0 Å². The van der Waals surface area contributed by atoms with Crippen molar-refractivity contribution in [3.63, 3.8) is 0 Å². The van der Waals surface area contributed by atoms with Gasteiger partial charge in [0.1, 0.15) is 0 Å². The van der Waals surface area contributed by atoms with E-state index in [4.69, 9.17) is 4.74 Å². The molecular formula is C12H25NO2. The van der Waals surface area contributed by atoms with Gasteiger partial charge in [-0.05, 0) is 48.0 Å². The van der Waals surface area contributed by atoms with Crippen LogP contribution in [-0.4, -0.2) is 23.7 Å². The molecule has 0 spiro atoms. The average molecular weight is 215 g/mol. The van der Waals surface area contributed by atoms with Gasteiger partial charge in [-0.25, -0.2) is 0 Å². The lowest BCUT2D eigenvalue weighted by Gasteiger charge is -2.21. The summed E-state index contributed by atoms with van der Waals surface area (Å²) in [5.74, 6) is 0.0972. The molecule has 0 aliphatic heterocycles. The second-order valence-electron chi connectivity index (χ2n) is 5.86. The van der Waals surface area contributed by atoms with Crippen molar-refractivity contribution in [2.24, 2.45) is 0 Å². The first-order valence-electron chi connectivity index (χ1n) is 5.55. The molecule has 0 aliphatic rings. The summed E-state index contributed by atoms with van der Waals surface area (Å²) in [4.78, 5) is 11.4. The minimum absolute atomic E-state index is 0.0972. The number of nitrogens with one attached hydrogen (secondary N) is 1. The predicted molar refractivity (Wildman–Crippen MR) is 62.8 cm³/mol. The van der Waals surface area contributed by atoms with Crippen LogP contribution in [0.3, 0.4) is 0 Å². The molecular weight excluding hydrogens is 190 g/mol. The number of rotatable bonds is 4. The summed E-state index contributed by atoms with van der Waals surface area (Å²) in [6, 6.07) is 0. The first kappa shape index (κ1) is 14.4. The summed E-state index contributed by atoms with van der Waals surface area (Å²) in [6.45, 7) is 12.6. The van der Waals surface area contributed by atoms with Crippen molar-refractivity contribution in [2.75, 3.05) is 6.61 Å². The van der Waals surface area contributed by atoms with Crippen LogP contribution in [-0.2, 0) is 9.53 Å². The maximum absolute atomic E-state index is 11.4.